The number of nitrogens with zero attached hydrogens (tertiary/aromatic N) is 3. The van der Waals surface area contributed by atoms with Gasteiger partial charge in [0.05, 0.1) is 36.4 Å². The Bertz CT molecular complexity index is 3600. The maximum atomic E-state index is 14.0. The second-order valence-electron chi connectivity index (χ2n) is 19.1. The average molecular weight is 1080 g/mol. The molecule has 7 N–H and O–H groups in total. The largest absolute Gasteiger partial charge is 0.490 e. The fourth-order valence-electron chi connectivity index (χ4n) is 10.2. The highest BCUT2D eigenvalue weighted by Crippen LogP contribution is 2.66. The summed E-state index contributed by atoms with van der Waals surface area (Å²) >= 11 is 0. The van der Waals surface area contributed by atoms with E-state index in [9.17, 15) is 47.8 Å². The number of likely N-dealkylation sites (N-methyl/N-ethyl adjacent to an activating group) is 2. The van der Waals surface area contributed by atoms with Crippen LogP contribution in [0.15, 0.2) is 70.4 Å². The number of aromatic carboxylic acids is 1. The molecule has 1 saturated heterocycles. The first kappa shape index (κ1) is 54.2. The van der Waals surface area contributed by atoms with Crippen LogP contribution < -0.4 is 41.4 Å². The number of benzene rings is 3. The number of hydrogen-bond acceptors (Lipinski definition) is 13. The fraction of sp³-hybridized carbons (Fsp3) is 0.367. The predicted molar refractivity (Wildman–Crippen MR) is 271 cm³/mol. The van der Waals surface area contributed by atoms with Gasteiger partial charge < -0.3 is 44.4 Å². The number of phosphoric acid groups is 3. The third-order valence-corrected chi connectivity index (χ3v) is 16.9. The summed E-state index contributed by atoms with van der Waals surface area (Å²) in [6.45, 7) is 17.2. The van der Waals surface area contributed by atoms with Gasteiger partial charge in [0.15, 0.2) is 5.54 Å². The lowest BCUT2D eigenvalue weighted by Crippen LogP contribution is -2.49. The number of ether oxygens (including phenoxy) is 2. The zero-order chi connectivity index (χ0) is 54.0. The lowest BCUT2D eigenvalue weighted by molar-refractivity contribution is -0.0243. The smallest absolute Gasteiger partial charge is 0.478 e. The number of aromatic nitrogens is 2. The van der Waals surface area contributed by atoms with Crippen molar-refractivity contribution in [3.63, 3.8) is 0 Å². The Labute approximate surface area is 423 Å². The number of fused-ring (bicyclic) bond motifs is 4. The van der Waals surface area contributed by atoms with Crippen molar-refractivity contribution in [2.45, 2.75) is 91.6 Å². The predicted octanol–water partition coefficient (Wildman–Crippen LogP) is 5.12. The molecule has 25 heteroatoms. The van der Waals surface area contributed by atoms with Gasteiger partial charge in [-0.3, -0.25) is 23.7 Å². The monoisotopic (exact) mass is 1080 g/mol. The van der Waals surface area contributed by atoms with Gasteiger partial charge in [0.1, 0.15) is 29.8 Å². The Morgan fingerprint density at radius 2 is 1.61 bits per heavy atom. The number of carbonyl (C=O) groups is 2. The molecule has 0 radical (unpaired) electrons. The molecular formula is C49H55N5O17P3+. The Morgan fingerprint density at radius 3 is 2.28 bits per heavy atom. The van der Waals surface area contributed by atoms with Gasteiger partial charge in [0.2, 0.25) is 5.36 Å². The van der Waals surface area contributed by atoms with Crippen molar-refractivity contribution in [3.8, 4) is 23.3 Å². The molecule has 74 heavy (non-hydrogen) atoms. The van der Waals surface area contributed by atoms with Crippen LogP contribution in [0.25, 0.3) is 16.7 Å². The average Bonchev–Trinajstić information content (AvgIpc) is 3.76. The highest BCUT2D eigenvalue weighted by Gasteiger charge is 2.42. The number of anilines is 1. The van der Waals surface area contributed by atoms with E-state index in [0.29, 0.717) is 40.9 Å². The molecule has 1 fully saturated rings. The lowest BCUT2D eigenvalue weighted by atomic mass is 9.83. The van der Waals surface area contributed by atoms with Gasteiger partial charge in [-0.2, -0.15) is 8.62 Å². The van der Waals surface area contributed by atoms with Gasteiger partial charge >= 0.3 is 35.1 Å². The zero-order valence-corrected chi connectivity index (χ0v) is 44.2. The van der Waals surface area contributed by atoms with Crippen LogP contribution in [0, 0.1) is 11.8 Å². The van der Waals surface area contributed by atoms with Crippen LogP contribution in [-0.2, 0) is 31.6 Å². The van der Waals surface area contributed by atoms with Crippen LogP contribution in [0.4, 0.5) is 5.69 Å². The van der Waals surface area contributed by atoms with Gasteiger partial charge in [-0.15, -0.1) is 0 Å². The first-order valence-corrected chi connectivity index (χ1v) is 27.8. The molecule has 0 bridgehead atoms. The van der Waals surface area contributed by atoms with Crippen molar-refractivity contribution >= 4 is 57.8 Å². The second kappa shape index (κ2) is 19.9. The van der Waals surface area contributed by atoms with Gasteiger partial charge in [0, 0.05) is 71.4 Å². The Kier molecular flexibility index (Phi) is 14.6. The van der Waals surface area contributed by atoms with Gasteiger partial charge in [0.25, 0.3) is 11.5 Å². The van der Waals surface area contributed by atoms with Crippen LogP contribution in [0.5, 0.6) is 11.5 Å². The highest BCUT2D eigenvalue weighted by atomic mass is 31.3. The van der Waals surface area contributed by atoms with Gasteiger partial charge in [-0.05, 0) is 108 Å². The molecule has 22 nitrogen and oxygen atoms in total. The lowest BCUT2D eigenvalue weighted by Gasteiger charge is -2.43. The minimum absolute atomic E-state index is 0.0519. The molecule has 1 aromatic heterocycles. The number of rotatable bonds is 14. The van der Waals surface area contributed by atoms with Crippen LogP contribution in [0.1, 0.15) is 123 Å². The van der Waals surface area contributed by atoms with E-state index in [1.165, 1.54) is 18.2 Å². The van der Waals surface area contributed by atoms with Gasteiger partial charge in [-0.1, -0.05) is 17.9 Å². The number of nitrogens with one attached hydrogen (secondary N) is 2. The molecule has 5 heterocycles. The molecule has 4 aliphatic heterocycles. The van der Waals surface area contributed by atoms with E-state index in [1.54, 1.807) is 0 Å². The molecule has 0 saturated carbocycles. The van der Waals surface area contributed by atoms with Gasteiger partial charge in [-0.25, -0.2) is 27.9 Å². The Hall–Kier alpha value is -6.04. The minimum atomic E-state index is -5.75. The van der Waals surface area contributed by atoms with Crippen molar-refractivity contribution in [3.05, 3.63) is 131 Å². The number of amides is 1. The molecule has 2 unspecified atom stereocenters. The van der Waals surface area contributed by atoms with E-state index >= 15 is 0 Å². The number of carboxylic acid groups (broad SMARTS) is 1. The maximum Gasteiger partial charge on any atom is 0.490 e. The summed E-state index contributed by atoms with van der Waals surface area (Å²) in [5, 5.41) is 15.1. The number of carbonyl (C=O) groups excluding carboxylic acids is 1. The van der Waals surface area contributed by atoms with Crippen molar-refractivity contribution < 1.29 is 70.6 Å². The number of H-pyrrole nitrogens is 1. The molecule has 4 aliphatic rings. The summed E-state index contributed by atoms with van der Waals surface area (Å²) in [4.78, 5) is 93.9. The first-order chi connectivity index (χ1) is 34.5. The molecule has 3 aromatic carbocycles. The van der Waals surface area contributed by atoms with Crippen LogP contribution in [0.2, 0.25) is 0 Å². The molecule has 1 amide bonds. The summed E-state index contributed by atoms with van der Waals surface area (Å²) in [6, 6.07) is 12.4. The number of carboxylic acids is 1. The van der Waals surface area contributed by atoms with Crippen molar-refractivity contribution in [1.29, 1.82) is 0 Å². The normalized spacial score (nSPS) is 20.0. The highest BCUT2D eigenvalue weighted by molar-refractivity contribution is 7.66. The molecule has 4 atom stereocenters. The summed E-state index contributed by atoms with van der Waals surface area (Å²) in [6.07, 6.45) is 3.67. The summed E-state index contributed by atoms with van der Waals surface area (Å²) in [7, 11) is -16.8. The number of hydrogen-bond donors (Lipinski definition) is 7. The SMILES string of the molecule is CCN1c2cc3c(cc2C(C)=CC1(C)C)C(c1cc(C(=O)NCC#Cc2cn([C@H]4CC[C@@H](COP(=O)(O)OP(=O)(O)OP(=O)(O)O)O4)c(=O)[nH]c2=O)ccc1C(=O)O)=c1cc2c(cc1O3)=[N+](CC)C(C)(C)C=C2C. The topological polar surface area (TPSA) is 306 Å². The molecule has 0 aliphatic carbocycles. The van der Waals surface area contributed by atoms with Crippen LogP contribution in [0.3, 0.4) is 0 Å². The first-order valence-electron chi connectivity index (χ1n) is 23.3. The molecular weight excluding hydrogens is 1020 g/mol. The Balaban J connectivity index is 1.09. The van der Waals surface area contributed by atoms with Crippen molar-refractivity contribution in [2.75, 3.05) is 31.1 Å². The third-order valence-electron chi connectivity index (χ3n) is 13.1. The zero-order valence-electron chi connectivity index (χ0n) is 41.5. The second-order valence-corrected chi connectivity index (χ2v) is 23.5. The quantitative estimate of drug-likeness (QED) is 0.0431. The number of aromatic amines is 1. The fourth-order valence-corrected chi connectivity index (χ4v) is 13.3. The molecule has 4 aromatic rings. The molecule has 0 spiro atoms. The molecule has 392 valence electrons. The number of allylic oxidation sites excluding steroid dienone is 2. The minimum Gasteiger partial charge on any atom is -0.478 e. The summed E-state index contributed by atoms with van der Waals surface area (Å²) in [5.41, 5.74) is 3.93. The van der Waals surface area contributed by atoms with E-state index in [4.69, 9.17) is 19.3 Å². The van der Waals surface area contributed by atoms with E-state index < -0.39 is 65.5 Å². The third kappa shape index (κ3) is 11.0. The standard InChI is InChI=1S/C49H54N5O17P3/c1-9-53-38-21-40-36(19-33(38)27(3)23-48(53,5)6)43(37-20-34-28(4)24-49(7,8)54(10-2)39(34)22-41(37)69-40)35-18-29(13-15-32(35)46(57)58)44(55)50-17-11-12-30-25-52(47(59)51-45(30)56)42-16-14-31(68-42)26-67-73(63,64)71-74(65,66)70-72(60,61)62/h13,15,18-25,31,42H,9-10,14,16-17,26H2,1-8H3,(H6-,50,51,55,56,57,58,59,60,61,62,63,64,65,66)/p+1/t31-,42+/m0/s1. The number of phosphoric ester groups is 1. The maximum absolute atomic E-state index is 14.0. The summed E-state index contributed by atoms with van der Waals surface area (Å²) < 4.78 is 62.7. The van der Waals surface area contributed by atoms with E-state index in [-0.39, 0.29) is 52.7 Å². The Morgan fingerprint density at radius 1 is 0.892 bits per heavy atom. The van der Waals surface area contributed by atoms with Crippen molar-refractivity contribution in [2.24, 2.45) is 0 Å². The van der Waals surface area contributed by atoms with Crippen LogP contribution >= 0.6 is 23.5 Å². The van der Waals surface area contributed by atoms with E-state index in [0.717, 1.165) is 44.1 Å². The van der Waals surface area contributed by atoms with Crippen molar-refractivity contribution in [1.82, 2.24) is 19.4 Å². The van der Waals surface area contributed by atoms with Crippen LogP contribution in [-0.4, -0.2) is 89.5 Å². The van der Waals surface area contributed by atoms with E-state index in [1.807, 2.05) is 38.1 Å². The summed E-state index contributed by atoms with van der Waals surface area (Å²) in [5.74, 6) is 4.55. The van der Waals surface area contributed by atoms with E-state index in [2.05, 4.69) is 98.5 Å². The molecule has 8 rings (SSSR count).